The third kappa shape index (κ3) is 4.39. The number of amides is 2. The highest BCUT2D eigenvalue weighted by Gasteiger charge is 2.40. The number of hydrogen-bond donors (Lipinski definition) is 1. The number of fused-ring (bicyclic) bond motifs is 1. The monoisotopic (exact) mass is 461 g/mol. The van der Waals surface area contributed by atoms with Gasteiger partial charge in [0.15, 0.2) is 0 Å². The lowest BCUT2D eigenvalue weighted by molar-refractivity contribution is -0.140. The van der Waals surface area contributed by atoms with Crippen molar-refractivity contribution in [1.82, 2.24) is 25.0 Å². The molecule has 33 heavy (non-hydrogen) atoms. The average molecular weight is 462 g/mol. The number of nitrogens with zero attached hydrogens (tertiary/aromatic N) is 4. The normalized spacial score (nSPS) is 18.8. The maximum atomic E-state index is 13.7. The third-order valence-electron chi connectivity index (χ3n) is 6.33. The molecular formula is C25H27N5O2S. The van der Waals surface area contributed by atoms with Gasteiger partial charge in [-0.3, -0.25) is 14.6 Å². The summed E-state index contributed by atoms with van der Waals surface area (Å²) in [6.07, 6.45) is 7.68. The molecule has 170 valence electrons. The molecule has 1 fully saturated rings. The Labute approximate surface area is 197 Å². The number of benzene rings is 1. The van der Waals surface area contributed by atoms with Crippen LogP contribution >= 0.6 is 11.8 Å². The van der Waals surface area contributed by atoms with Crippen molar-refractivity contribution in [3.63, 3.8) is 0 Å². The molecule has 7 nitrogen and oxygen atoms in total. The number of carbonyl (C=O) groups is 2. The second kappa shape index (κ2) is 9.39. The van der Waals surface area contributed by atoms with Crippen LogP contribution in [0.15, 0.2) is 59.9 Å². The Morgan fingerprint density at radius 1 is 1.15 bits per heavy atom. The van der Waals surface area contributed by atoms with E-state index in [1.165, 1.54) is 11.8 Å². The Bertz CT molecular complexity index is 1140. The van der Waals surface area contributed by atoms with Crippen LogP contribution in [-0.2, 0) is 16.1 Å². The Balaban J connectivity index is 1.59. The van der Waals surface area contributed by atoms with Crippen molar-refractivity contribution in [2.45, 2.75) is 56.3 Å². The number of aromatic nitrogens is 3. The van der Waals surface area contributed by atoms with E-state index in [0.717, 1.165) is 53.2 Å². The van der Waals surface area contributed by atoms with Gasteiger partial charge in [0.1, 0.15) is 11.1 Å². The zero-order chi connectivity index (χ0) is 22.8. The van der Waals surface area contributed by atoms with E-state index in [4.69, 9.17) is 5.10 Å². The van der Waals surface area contributed by atoms with Crippen molar-refractivity contribution in [1.29, 1.82) is 0 Å². The minimum Gasteiger partial charge on any atom is -0.351 e. The summed E-state index contributed by atoms with van der Waals surface area (Å²) >= 11 is 1.45. The van der Waals surface area contributed by atoms with Crippen LogP contribution < -0.4 is 5.32 Å². The minimum absolute atomic E-state index is 0.0642. The van der Waals surface area contributed by atoms with Gasteiger partial charge in [0.2, 0.25) is 11.8 Å². The summed E-state index contributed by atoms with van der Waals surface area (Å²) in [5.74, 6) is 0.0579. The van der Waals surface area contributed by atoms with Crippen LogP contribution in [0.25, 0.3) is 5.69 Å². The first-order valence-electron chi connectivity index (χ1n) is 11.4. The lowest BCUT2D eigenvalue weighted by Crippen LogP contribution is -2.46. The van der Waals surface area contributed by atoms with Crippen molar-refractivity contribution in [2.75, 3.05) is 5.75 Å². The summed E-state index contributed by atoms with van der Waals surface area (Å²) in [5, 5.41) is 8.89. The lowest BCUT2D eigenvalue weighted by atomic mass is 10.0. The number of thioether (sulfide) groups is 1. The zero-order valence-electron chi connectivity index (χ0n) is 18.6. The first-order valence-corrected chi connectivity index (χ1v) is 12.4. The Hall–Kier alpha value is -3.13. The molecule has 0 bridgehead atoms. The molecule has 1 atom stereocenters. The first-order chi connectivity index (χ1) is 16.1. The second-order valence-corrected chi connectivity index (χ2v) is 9.58. The van der Waals surface area contributed by atoms with Gasteiger partial charge < -0.3 is 10.2 Å². The van der Waals surface area contributed by atoms with Gasteiger partial charge in [-0.25, -0.2) is 4.68 Å². The standard InChI is InChI=1S/C25H27N5O2S/c1-17-22-23(24(32)27-19-9-5-6-10-19)29(15-18-8-7-13-26-14-18)21(31)16-33-25(22)30(28-17)20-11-3-2-4-12-20/h2-4,7-8,11-14,19,23H,5-6,9-10,15-16H2,1H3,(H,27,32). The highest BCUT2D eigenvalue weighted by molar-refractivity contribution is 8.00. The molecule has 1 N–H and O–H groups in total. The van der Waals surface area contributed by atoms with Gasteiger partial charge in [-0.2, -0.15) is 5.10 Å². The van der Waals surface area contributed by atoms with E-state index in [9.17, 15) is 9.59 Å². The molecular weight excluding hydrogens is 434 g/mol. The Morgan fingerprint density at radius 3 is 2.67 bits per heavy atom. The lowest BCUT2D eigenvalue weighted by Gasteiger charge is -2.30. The molecule has 2 amide bonds. The van der Waals surface area contributed by atoms with E-state index in [1.807, 2.05) is 54.1 Å². The van der Waals surface area contributed by atoms with Crippen LogP contribution in [-0.4, -0.2) is 43.3 Å². The van der Waals surface area contributed by atoms with Crippen molar-refractivity contribution in [3.8, 4) is 5.69 Å². The highest BCUT2D eigenvalue weighted by Crippen LogP contribution is 2.39. The molecule has 5 rings (SSSR count). The van der Waals surface area contributed by atoms with Gasteiger partial charge in [0.05, 0.1) is 17.1 Å². The predicted molar refractivity (Wildman–Crippen MR) is 127 cm³/mol. The van der Waals surface area contributed by atoms with E-state index in [1.54, 1.807) is 17.3 Å². The molecule has 8 heteroatoms. The van der Waals surface area contributed by atoms with Crippen LogP contribution in [0.2, 0.25) is 0 Å². The van der Waals surface area contributed by atoms with Gasteiger partial charge >= 0.3 is 0 Å². The second-order valence-electron chi connectivity index (χ2n) is 8.62. The first kappa shape index (κ1) is 21.7. The zero-order valence-corrected chi connectivity index (χ0v) is 19.4. The average Bonchev–Trinajstić information content (AvgIpc) is 3.43. The van der Waals surface area contributed by atoms with Gasteiger partial charge in [-0.05, 0) is 43.5 Å². The molecule has 1 saturated carbocycles. The number of para-hydroxylation sites is 1. The van der Waals surface area contributed by atoms with Gasteiger partial charge in [-0.1, -0.05) is 48.9 Å². The fourth-order valence-electron chi connectivity index (χ4n) is 4.72. The van der Waals surface area contributed by atoms with Crippen LogP contribution in [0, 0.1) is 6.92 Å². The molecule has 0 saturated heterocycles. The van der Waals surface area contributed by atoms with Crippen molar-refractivity contribution in [3.05, 3.63) is 71.7 Å². The minimum atomic E-state index is -0.735. The van der Waals surface area contributed by atoms with Crippen LogP contribution in [0.1, 0.15) is 48.5 Å². The van der Waals surface area contributed by atoms with E-state index < -0.39 is 6.04 Å². The summed E-state index contributed by atoms with van der Waals surface area (Å²) in [4.78, 5) is 33.0. The van der Waals surface area contributed by atoms with Crippen LogP contribution in [0.4, 0.5) is 0 Å². The smallest absolute Gasteiger partial charge is 0.247 e. The number of aryl methyl sites for hydroxylation is 1. The van der Waals surface area contributed by atoms with Crippen molar-refractivity contribution < 1.29 is 9.59 Å². The van der Waals surface area contributed by atoms with Crippen LogP contribution in [0.5, 0.6) is 0 Å². The summed E-state index contributed by atoms with van der Waals surface area (Å²) in [6, 6.07) is 13.1. The number of pyridine rings is 1. The molecule has 0 spiro atoms. The summed E-state index contributed by atoms with van der Waals surface area (Å²) < 4.78 is 1.87. The number of hydrogen-bond acceptors (Lipinski definition) is 5. The molecule has 1 aliphatic carbocycles. The topological polar surface area (TPSA) is 80.1 Å². The largest absolute Gasteiger partial charge is 0.351 e. The van der Waals surface area contributed by atoms with E-state index in [2.05, 4.69) is 10.3 Å². The summed E-state index contributed by atoms with van der Waals surface area (Å²) in [7, 11) is 0. The van der Waals surface area contributed by atoms with Crippen LogP contribution in [0.3, 0.4) is 0 Å². The maximum Gasteiger partial charge on any atom is 0.247 e. The summed E-state index contributed by atoms with van der Waals surface area (Å²) in [5.41, 5.74) is 3.39. The molecule has 2 aliphatic rings. The van der Waals surface area contributed by atoms with Gasteiger partial charge in [0.25, 0.3) is 0 Å². The third-order valence-corrected chi connectivity index (χ3v) is 7.38. The van der Waals surface area contributed by atoms with Gasteiger partial charge in [0, 0.05) is 30.5 Å². The maximum absolute atomic E-state index is 13.7. The Kier molecular flexibility index (Phi) is 6.17. The molecule has 0 radical (unpaired) electrons. The highest BCUT2D eigenvalue weighted by atomic mass is 32.2. The molecule has 1 aliphatic heterocycles. The van der Waals surface area contributed by atoms with Crippen molar-refractivity contribution in [2.24, 2.45) is 0 Å². The molecule has 1 unspecified atom stereocenters. The van der Waals surface area contributed by atoms with E-state index in [-0.39, 0.29) is 23.6 Å². The quantitative estimate of drug-likeness (QED) is 0.625. The fourth-order valence-corrected chi connectivity index (χ4v) is 5.83. The molecule has 3 heterocycles. The van der Waals surface area contributed by atoms with E-state index >= 15 is 0 Å². The van der Waals surface area contributed by atoms with Crippen molar-refractivity contribution >= 4 is 23.6 Å². The Morgan fingerprint density at radius 2 is 1.94 bits per heavy atom. The van der Waals surface area contributed by atoms with E-state index in [0.29, 0.717) is 6.54 Å². The predicted octanol–water partition coefficient (Wildman–Crippen LogP) is 3.81. The molecule has 2 aromatic heterocycles. The molecule has 1 aromatic carbocycles. The van der Waals surface area contributed by atoms with Gasteiger partial charge in [-0.15, -0.1) is 0 Å². The SMILES string of the molecule is Cc1nn(-c2ccccc2)c2c1C(C(=O)NC1CCCC1)N(Cc1cccnc1)C(=O)CS2. The summed E-state index contributed by atoms with van der Waals surface area (Å²) in [6.45, 7) is 2.25. The number of rotatable bonds is 5. The number of nitrogens with one attached hydrogen (secondary N) is 1. The fraction of sp³-hybridized carbons (Fsp3) is 0.360. The molecule has 3 aromatic rings. The number of carbonyl (C=O) groups excluding carboxylic acids is 2.